The van der Waals surface area contributed by atoms with Crippen LogP contribution in [0.15, 0.2) is 0 Å². The number of nitrogens with zero attached hydrogens (tertiary/aromatic N) is 1. The van der Waals surface area contributed by atoms with Gasteiger partial charge in [-0.1, -0.05) is 52.9 Å². The molecule has 2 atom stereocenters. The van der Waals surface area contributed by atoms with E-state index in [2.05, 4.69) is 20.8 Å². The quantitative estimate of drug-likeness (QED) is 0.863. The molecule has 1 saturated heterocycles. The fourth-order valence-corrected chi connectivity index (χ4v) is 3.87. The molecule has 1 amide bonds. The summed E-state index contributed by atoms with van der Waals surface area (Å²) < 4.78 is 0. The van der Waals surface area contributed by atoms with E-state index >= 15 is 0 Å². The molecule has 1 aliphatic carbocycles. The molecule has 116 valence electrons. The largest absolute Gasteiger partial charge is 0.392 e. The molecule has 3 heteroatoms. The van der Waals surface area contributed by atoms with Crippen molar-refractivity contribution in [2.75, 3.05) is 13.1 Å². The van der Waals surface area contributed by atoms with Crippen LogP contribution in [0.25, 0.3) is 0 Å². The molecule has 0 aromatic carbocycles. The third kappa shape index (κ3) is 3.75. The van der Waals surface area contributed by atoms with E-state index in [9.17, 15) is 9.90 Å². The van der Waals surface area contributed by atoms with Crippen LogP contribution < -0.4 is 0 Å². The summed E-state index contributed by atoms with van der Waals surface area (Å²) in [5.41, 5.74) is -0.168. The highest BCUT2D eigenvalue weighted by atomic mass is 16.3. The van der Waals surface area contributed by atoms with E-state index in [4.69, 9.17) is 0 Å². The molecule has 0 spiro atoms. The lowest BCUT2D eigenvalue weighted by atomic mass is 9.80. The Morgan fingerprint density at radius 2 is 1.90 bits per heavy atom. The summed E-state index contributed by atoms with van der Waals surface area (Å²) in [6.45, 7) is 7.63. The van der Waals surface area contributed by atoms with Crippen molar-refractivity contribution in [2.24, 2.45) is 17.3 Å². The van der Waals surface area contributed by atoms with Gasteiger partial charge in [0.05, 0.1) is 6.10 Å². The molecule has 0 bridgehead atoms. The van der Waals surface area contributed by atoms with Crippen LogP contribution in [0.1, 0.15) is 65.7 Å². The molecule has 0 unspecified atom stereocenters. The average Bonchev–Trinajstić information content (AvgIpc) is 2.42. The van der Waals surface area contributed by atoms with Gasteiger partial charge in [0.2, 0.25) is 5.91 Å². The number of hydrogen-bond acceptors (Lipinski definition) is 2. The van der Waals surface area contributed by atoms with Crippen LogP contribution in [-0.2, 0) is 4.79 Å². The minimum absolute atomic E-state index is 0.143. The second kappa shape index (κ2) is 6.46. The van der Waals surface area contributed by atoms with Crippen molar-refractivity contribution < 1.29 is 9.90 Å². The van der Waals surface area contributed by atoms with Crippen molar-refractivity contribution in [3.63, 3.8) is 0 Å². The Morgan fingerprint density at radius 1 is 1.25 bits per heavy atom. The number of carbonyl (C=O) groups excluding carboxylic acids is 1. The molecule has 2 rings (SSSR count). The van der Waals surface area contributed by atoms with Gasteiger partial charge in [-0.15, -0.1) is 0 Å². The number of aliphatic hydroxyl groups excluding tert-OH is 1. The minimum atomic E-state index is -0.278. The van der Waals surface area contributed by atoms with E-state index in [-0.39, 0.29) is 17.4 Å². The Kier molecular flexibility index (Phi) is 5.11. The Hall–Kier alpha value is -0.570. The molecule has 3 nitrogen and oxygen atoms in total. The predicted molar refractivity (Wildman–Crippen MR) is 81.3 cm³/mol. The number of likely N-dealkylation sites (tertiary alicyclic amines) is 1. The lowest BCUT2D eigenvalue weighted by molar-refractivity contribution is -0.142. The van der Waals surface area contributed by atoms with Gasteiger partial charge in [-0.3, -0.25) is 4.79 Å². The Morgan fingerprint density at radius 3 is 2.50 bits per heavy atom. The van der Waals surface area contributed by atoms with Gasteiger partial charge < -0.3 is 10.0 Å². The third-order valence-electron chi connectivity index (χ3n) is 5.32. The first kappa shape index (κ1) is 15.8. The molecule has 20 heavy (non-hydrogen) atoms. The van der Waals surface area contributed by atoms with E-state index in [0.29, 0.717) is 12.5 Å². The lowest BCUT2D eigenvalue weighted by Gasteiger charge is -2.42. The monoisotopic (exact) mass is 281 g/mol. The molecule has 0 aromatic heterocycles. The molecule has 1 saturated carbocycles. The van der Waals surface area contributed by atoms with Crippen LogP contribution in [0.4, 0.5) is 0 Å². The fourth-order valence-electron chi connectivity index (χ4n) is 3.87. The molecule has 0 aromatic rings. The zero-order valence-electron chi connectivity index (χ0n) is 13.4. The van der Waals surface area contributed by atoms with E-state index < -0.39 is 0 Å². The summed E-state index contributed by atoms with van der Waals surface area (Å²) >= 11 is 0. The molecule has 2 fully saturated rings. The van der Waals surface area contributed by atoms with Gasteiger partial charge >= 0.3 is 0 Å². The van der Waals surface area contributed by atoms with E-state index in [1.165, 1.54) is 32.1 Å². The first-order valence-electron chi connectivity index (χ1n) is 8.37. The van der Waals surface area contributed by atoms with Crippen molar-refractivity contribution >= 4 is 5.91 Å². The summed E-state index contributed by atoms with van der Waals surface area (Å²) in [5, 5.41) is 10.00. The number of piperidine rings is 1. The van der Waals surface area contributed by atoms with E-state index in [0.717, 1.165) is 25.3 Å². The SMILES string of the molecule is C[C@H](CC1CCCCC1)C(=O)N1CC[C@H](O)C(C)(C)C1. The summed E-state index contributed by atoms with van der Waals surface area (Å²) in [4.78, 5) is 14.6. The Bertz CT molecular complexity index is 334. The van der Waals surface area contributed by atoms with Crippen molar-refractivity contribution in [2.45, 2.75) is 71.8 Å². The smallest absolute Gasteiger partial charge is 0.225 e. The topological polar surface area (TPSA) is 40.5 Å². The minimum Gasteiger partial charge on any atom is -0.392 e. The van der Waals surface area contributed by atoms with E-state index in [1.54, 1.807) is 0 Å². The van der Waals surface area contributed by atoms with Gasteiger partial charge in [0.25, 0.3) is 0 Å². The van der Waals surface area contributed by atoms with E-state index in [1.807, 2.05) is 4.90 Å². The number of carbonyl (C=O) groups is 1. The molecular weight excluding hydrogens is 250 g/mol. The molecular formula is C17H31NO2. The van der Waals surface area contributed by atoms with Gasteiger partial charge in [-0.25, -0.2) is 0 Å². The van der Waals surface area contributed by atoms with Gasteiger partial charge in [-0.2, -0.15) is 0 Å². The number of amides is 1. The first-order valence-corrected chi connectivity index (χ1v) is 8.37. The van der Waals surface area contributed by atoms with Crippen LogP contribution in [-0.4, -0.2) is 35.1 Å². The third-order valence-corrected chi connectivity index (χ3v) is 5.32. The van der Waals surface area contributed by atoms with Crippen molar-refractivity contribution in [3.8, 4) is 0 Å². The normalized spacial score (nSPS) is 29.2. The average molecular weight is 281 g/mol. The van der Waals surface area contributed by atoms with Crippen molar-refractivity contribution in [1.82, 2.24) is 4.90 Å². The molecule has 1 heterocycles. The summed E-state index contributed by atoms with van der Waals surface area (Å²) in [6, 6.07) is 0. The standard InChI is InChI=1S/C17H31NO2/c1-13(11-14-7-5-4-6-8-14)16(20)18-10-9-15(19)17(2,3)12-18/h13-15,19H,4-12H2,1-3H3/t13-,15+/m1/s1. The maximum Gasteiger partial charge on any atom is 0.225 e. The number of aliphatic hydroxyl groups is 1. The maximum absolute atomic E-state index is 12.6. The number of hydrogen-bond donors (Lipinski definition) is 1. The first-order chi connectivity index (χ1) is 9.40. The van der Waals surface area contributed by atoms with Gasteiger partial charge in [-0.05, 0) is 18.8 Å². The zero-order chi connectivity index (χ0) is 14.8. The summed E-state index contributed by atoms with van der Waals surface area (Å²) in [7, 11) is 0. The molecule has 2 aliphatic rings. The summed E-state index contributed by atoms with van der Waals surface area (Å²) in [5.74, 6) is 1.20. The van der Waals surface area contributed by atoms with Crippen molar-refractivity contribution in [1.29, 1.82) is 0 Å². The zero-order valence-corrected chi connectivity index (χ0v) is 13.4. The molecule has 0 radical (unpaired) electrons. The van der Waals surface area contributed by atoms with Crippen LogP contribution in [0.5, 0.6) is 0 Å². The highest BCUT2D eigenvalue weighted by molar-refractivity contribution is 5.78. The number of rotatable bonds is 3. The lowest BCUT2D eigenvalue weighted by Crippen LogP contribution is -2.52. The van der Waals surface area contributed by atoms with Gasteiger partial charge in [0.1, 0.15) is 0 Å². The second-order valence-electron chi connectivity index (χ2n) is 7.69. The van der Waals surface area contributed by atoms with Crippen LogP contribution in [0, 0.1) is 17.3 Å². The molecule has 1 aliphatic heterocycles. The molecule has 1 N–H and O–H groups in total. The highest BCUT2D eigenvalue weighted by Gasteiger charge is 2.37. The Labute approximate surface area is 123 Å². The fraction of sp³-hybridized carbons (Fsp3) is 0.941. The van der Waals surface area contributed by atoms with Gasteiger partial charge in [0, 0.05) is 24.4 Å². The van der Waals surface area contributed by atoms with Crippen molar-refractivity contribution in [3.05, 3.63) is 0 Å². The Balaban J connectivity index is 1.86. The summed E-state index contributed by atoms with van der Waals surface area (Å²) in [6.07, 6.45) is 8.16. The van der Waals surface area contributed by atoms with Crippen LogP contribution in [0.2, 0.25) is 0 Å². The van der Waals surface area contributed by atoms with Crippen LogP contribution >= 0.6 is 0 Å². The highest BCUT2D eigenvalue weighted by Crippen LogP contribution is 2.32. The maximum atomic E-state index is 12.6. The van der Waals surface area contributed by atoms with Gasteiger partial charge in [0.15, 0.2) is 0 Å². The second-order valence-corrected chi connectivity index (χ2v) is 7.69. The van der Waals surface area contributed by atoms with Crippen LogP contribution in [0.3, 0.4) is 0 Å². The predicted octanol–water partition coefficient (Wildman–Crippen LogP) is 3.21.